The van der Waals surface area contributed by atoms with E-state index in [1.807, 2.05) is 7.05 Å². The molecule has 2 unspecified atom stereocenters. The van der Waals surface area contributed by atoms with Gasteiger partial charge in [0.2, 0.25) is 0 Å². The van der Waals surface area contributed by atoms with E-state index in [1.54, 1.807) is 7.11 Å². The predicted molar refractivity (Wildman–Crippen MR) is 123 cm³/mol. The molecule has 3 rings (SSSR count). The van der Waals surface area contributed by atoms with Crippen LogP contribution in [0.4, 0.5) is 5.69 Å². The highest BCUT2D eigenvalue weighted by Gasteiger charge is 2.27. The lowest BCUT2D eigenvalue weighted by molar-refractivity contribution is 0.157. The zero-order valence-electron chi connectivity index (χ0n) is 15.7. The van der Waals surface area contributed by atoms with E-state index in [-0.39, 0.29) is 24.0 Å². The number of guanidine groups is 1. The Kier molecular flexibility index (Phi) is 8.96. The molecular formula is C19H30BrIN4O. The molecule has 1 N–H and O–H groups in total. The minimum absolute atomic E-state index is 0. The van der Waals surface area contributed by atoms with E-state index in [0.717, 1.165) is 49.8 Å². The topological polar surface area (TPSA) is 40.1 Å². The number of likely N-dealkylation sites (tertiary alicyclic amines) is 1. The van der Waals surface area contributed by atoms with E-state index in [9.17, 15) is 0 Å². The highest BCUT2D eigenvalue weighted by Crippen LogP contribution is 2.25. The predicted octanol–water partition coefficient (Wildman–Crippen LogP) is 3.44. The number of hydrogen-bond acceptors (Lipinski definition) is 3. The smallest absolute Gasteiger partial charge is 0.193 e. The number of benzene rings is 1. The first-order valence-electron chi connectivity index (χ1n) is 9.14. The van der Waals surface area contributed by atoms with Gasteiger partial charge in [0.15, 0.2) is 5.96 Å². The molecule has 0 saturated carbocycles. The molecule has 1 aromatic carbocycles. The van der Waals surface area contributed by atoms with Crippen molar-refractivity contribution in [3.05, 3.63) is 28.7 Å². The average molecular weight is 537 g/mol. The molecule has 0 radical (unpaired) electrons. The van der Waals surface area contributed by atoms with E-state index in [0.29, 0.717) is 11.8 Å². The number of halogens is 2. The van der Waals surface area contributed by atoms with Crippen molar-refractivity contribution < 1.29 is 4.74 Å². The third kappa shape index (κ3) is 5.73. The maximum absolute atomic E-state index is 5.29. The molecule has 0 aliphatic carbocycles. The standard InChI is InChI=1S/C19H29BrN4O.HI/c1-21-19(24-10-8-16(13-24)14-25-2)22-11-15-7-9-23(12-15)18-5-3-17(20)4-6-18;/h3-6,15-16H,7-14H2,1-2H3,(H,21,22);1H. The van der Waals surface area contributed by atoms with E-state index < -0.39 is 0 Å². The van der Waals surface area contributed by atoms with Gasteiger partial charge in [0.1, 0.15) is 0 Å². The Morgan fingerprint density at radius 1 is 1.19 bits per heavy atom. The quantitative estimate of drug-likeness (QED) is 0.355. The van der Waals surface area contributed by atoms with Gasteiger partial charge in [0, 0.05) is 63.0 Å². The number of anilines is 1. The summed E-state index contributed by atoms with van der Waals surface area (Å²) in [4.78, 5) is 9.33. The molecule has 146 valence electrons. The Morgan fingerprint density at radius 2 is 1.92 bits per heavy atom. The van der Waals surface area contributed by atoms with Crippen LogP contribution in [0.25, 0.3) is 0 Å². The molecule has 26 heavy (non-hydrogen) atoms. The Morgan fingerprint density at radius 3 is 2.62 bits per heavy atom. The van der Waals surface area contributed by atoms with Gasteiger partial charge in [0.25, 0.3) is 0 Å². The molecule has 2 aliphatic rings. The first kappa shape index (κ1) is 21.8. The van der Waals surface area contributed by atoms with Crippen molar-refractivity contribution in [3.63, 3.8) is 0 Å². The summed E-state index contributed by atoms with van der Waals surface area (Å²) >= 11 is 3.51. The number of nitrogens with one attached hydrogen (secondary N) is 1. The van der Waals surface area contributed by atoms with Gasteiger partial charge >= 0.3 is 0 Å². The maximum atomic E-state index is 5.29. The monoisotopic (exact) mass is 536 g/mol. The first-order valence-corrected chi connectivity index (χ1v) is 9.94. The van der Waals surface area contributed by atoms with Crippen LogP contribution in [0.5, 0.6) is 0 Å². The van der Waals surface area contributed by atoms with Crippen molar-refractivity contribution >= 4 is 51.6 Å². The van der Waals surface area contributed by atoms with Gasteiger partial charge in [-0.1, -0.05) is 15.9 Å². The molecule has 2 saturated heterocycles. The summed E-state index contributed by atoms with van der Waals surface area (Å²) in [7, 11) is 3.67. The lowest BCUT2D eigenvalue weighted by Gasteiger charge is -2.23. The summed E-state index contributed by atoms with van der Waals surface area (Å²) in [5.41, 5.74) is 1.32. The molecule has 5 nitrogen and oxygen atoms in total. The van der Waals surface area contributed by atoms with Gasteiger partial charge in [-0.25, -0.2) is 0 Å². The van der Waals surface area contributed by atoms with Crippen LogP contribution >= 0.6 is 39.9 Å². The Labute approximate surface area is 182 Å². The number of hydrogen-bond donors (Lipinski definition) is 1. The summed E-state index contributed by atoms with van der Waals surface area (Å²) in [6.07, 6.45) is 2.42. The summed E-state index contributed by atoms with van der Waals surface area (Å²) in [6.45, 7) is 6.19. The minimum atomic E-state index is 0. The fraction of sp³-hybridized carbons (Fsp3) is 0.632. The third-order valence-corrected chi connectivity index (χ3v) is 5.75. The molecular weight excluding hydrogens is 507 g/mol. The fourth-order valence-corrected chi connectivity index (χ4v) is 4.11. The van der Waals surface area contributed by atoms with E-state index in [2.05, 4.69) is 60.3 Å². The van der Waals surface area contributed by atoms with Crippen LogP contribution in [0.2, 0.25) is 0 Å². The number of aliphatic imine (C=N–C) groups is 1. The van der Waals surface area contributed by atoms with Crippen molar-refractivity contribution in [2.24, 2.45) is 16.8 Å². The Balaban J connectivity index is 0.00000243. The number of rotatable bonds is 5. The number of ether oxygens (including phenoxy) is 1. The van der Waals surface area contributed by atoms with E-state index >= 15 is 0 Å². The summed E-state index contributed by atoms with van der Waals surface area (Å²) < 4.78 is 6.43. The van der Waals surface area contributed by atoms with Gasteiger partial charge in [-0.05, 0) is 43.0 Å². The Hall–Kier alpha value is -0.540. The number of nitrogens with zero attached hydrogens (tertiary/aromatic N) is 3. The van der Waals surface area contributed by atoms with Crippen molar-refractivity contribution in [2.75, 3.05) is 58.4 Å². The molecule has 2 fully saturated rings. The van der Waals surface area contributed by atoms with Gasteiger partial charge < -0.3 is 19.9 Å². The van der Waals surface area contributed by atoms with Crippen LogP contribution < -0.4 is 10.2 Å². The van der Waals surface area contributed by atoms with Gasteiger partial charge in [0.05, 0.1) is 6.61 Å². The zero-order chi connectivity index (χ0) is 17.6. The van der Waals surface area contributed by atoms with Gasteiger partial charge in [-0.3, -0.25) is 4.99 Å². The van der Waals surface area contributed by atoms with Crippen molar-refractivity contribution in [1.29, 1.82) is 0 Å². The van der Waals surface area contributed by atoms with Crippen LogP contribution in [0.15, 0.2) is 33.7 Å². The maximum Gasteiger partial charge on any atom is 0.193 e. The van der Waals surface area contributed by atoms with Crippen molar-refractivity contribution in [1.82, 2.24) is 10.2 Å². The molecule has 2 aliphatic heterocycles. The second-order valence-corrected chi connectivity index (χ2v) is 7.98. The number of methoxy groups -OCH3 is 1. The Bertz CT molecular complexity index is 583. The van der Waals surface area contributed by atoms with Gasteiger partial charge in [-0.15, -0.1) is 24.0 Å². The second kappa shape index (κ2) is 10.7. The van der Waals surface area contributed by atoms with Crippen LogP contribution in [-0.4, -0.2) is 64.3 Å². The fourth-order valence-electron chi connectivity index (χ4n) is 3.85. The normalized spacial score (nSPS) is 23.3. The minimum Gasteiger partial charge on any atom is -0.384 e. The van der Waals surface area contributed by atoms with Crippen LogP contribution in [0.1, 0.15) is 12.8 Å². The molecule has 1 aromatic rings. The molecule has 0 spiro atoms. The third-order valence-electron chi connectivity index (χ3n) is 5.23. The van der Waals surface area contributed by atoms with Crippen molar-refractivity contribution in [3.8, 4) is 0 Å². The zero-order valence-corrected chi connectivity index (χ0v) is 19.6. The first-order chi connectivity index (χ1) is 12.2. The largest absolute Gasteiger partial charge is 0.384 e. The second-order valence-electron chi connectivity index (χ2n) is 7.06. The molecule has 0 aromatic heterocycles. The highest BCUT2D eigenvalue weighted by molar-refractivity contribution is 14.0. The van der Waals surface area contributed by atoms with E-state index in [4.69, 9.17) is 4.74 Å². The molecule has 2 atom stereocenters. The van der Waals surface area contributed by atoms with Crippen LogP contribution in [-0.2, 0) is 4.74 Å². The molecule has 7 heteroatoms. The molecule has 0 amide bonds. The van der Waals surface area contributed by atoms with E-state index in [1.165, 1.54) is 18.5 Å². The van der Waals surface area contributed by atoms with Crippen LogP contribution in [0, 0.1) is 11.8 Å². The van der Waals surface area contributed by atoms with Crippen LogP contribution in [0.3, 0.4) is 0 Å². The summed E-state index contributed by atoms with van der Waals surface area (Å²) in [5.74, 6) is 2.33. The highest BCUT2D eigenvalue weighted by atomic mass is 127. The SMILES string of the molecule is CN=C(NCC1CCN(c2ccc(Br)cc2)C1)N1CCC(COC)C1.I. The summed E-state index contributed by atoms with van der Waals surface area (Å²) in [5, 5.41) is 3.60. The lowest BCUT2D eigenvalue weighted by Crippen LogP contribution is -2.42. The van der Waals surface area contributed by atoms with Gasteiger partial charge in [-0.2, -0.15) is 0 Å². The molecule has 0 bridgehead atoms. The summed E-state index contributed by atoms with van der Waals surface area (Å²) in [6, 6.07) is 8.62. The average Bonchev–Trinajstić information content (AvgIpc) is 3.27. The lowest BCUT2D eigenvalue weighted by atomic mass is 10.1. The van der Waals surface area contributed by atoms with Crippen molar-refractivity contribution in [2.45, 2.75) is 12.8 Å². The molecule has 2 heterocycles.